The molecule has 20 heavy (non-hydrogen) atoms. The molecule has 4 unspecified atom stereocenters. The second-order valence-electron chi connectivity index (χ2n) is 5.14. The van der Waals surface area contributed by atoms with E-state index in [9.17, 15) is 10.1 Å². The van der Waals surface area contributed by atoms with Crippen LogP contribution in [0.15, 0.2) is 18.2 Å². The number of hydrogen-bond donors (Lipinski definition) is 2. The van der Waals surface area contributed by atoms with Crippen molar-refractivity contribution in [2.24, 2.45) is 11.7 Å². The summed E-state index contributed by atoms with van der Waals surface area (Å²) < 4.78 is 5.59. The number of nitro benzene ring substituents is 1. The zero-order chi connectivity index (χ0) is 14.3. The zero-order valence-corrected chi connectivity index (χ0v) is 10.7. The van der Waals surface area contributed by atoms with E-state index < -0.39 is 4.92 Å². The van der Waals surface area contributed by atoms with Crippen LogP contribution in [0.5, 0.6) is 0 Å². The summed E-state index contributed by atoms with van der Waals surface area (Å²) in [7, 11) is 0. The maximum Gasteiger partial charge on any atom is 0.293 e. The Labute approximate surface area is 115 Å². The molecule has 1 aliphatic carbocycles. The van der Waals surface area contributed by atoms with Crippen molar-refractivity contribution in [3.8, 4) is 6.07 Å². The van der Waals surface area contributed by atoms with Gasteiger partial charge in [0.1, 0.15) is 5.69 Å². The molecule has 3 rings (SSSR count). The van der Waals surface area contributed by atoms with Gasteiger partial charge in [0, 0.05) is 24.6 Å². The Morgan fingerprint density at radius 1 is 1.55 bits per heavy atom. The van der Waals surface area contributed by atoms with Crippen molar-refractivity contribution in [3.05, 3.63) is 33.9 Å². The van der Waals surface area contributed by atoms with E-state index in [1.807, 2.05) is 6.07 Å². The lowest BCUT2D eigenvalue weighted by Gasteiger charge is -2.46. The smallest absolute Gasteiger partial charge is 0.293 e. The highest BCUT2D eigenvalue weighted by atomic mass is 16.6. The van der Waals surface area contributed by atoms with Gasteiger partial charge < -0.3 is 15.8 Å². The molecule has 1 aliphatic heterocycles. The van der Waals surface area contributed by atoms with Gasteiger partial charge in [-0.25, -0.2) is 0 Å². The van der Waals surface area contributed by atoms with Crippen LogP contribution in [0.3, 0.4) is 0 Å². The number of anilines is 1. The van der Waals surface area contributed by atoms with Crippen LogP contribution in [0.1, 0.15) is 12.0 Å². The predicted octanol–water partition coefficient (Wildman–Crippen LogP) is 0.993. The number of hydrogen-bond acceptors (Lipinski definition) is 6. The quantitative estimate of drug-likeness (QED) is 0.627. The number of rotatable bonds is 3. The van der Waals surface area contributed by atoms with Crippen LogP contribution in [-0.4, -0.2) is 29.7 Å². The molecule has 0 spiro atoms. The first-order valence-electron chi connectivity index (χ1n) is 6.44. The largest absolute Gasteiger partial charge is 0.376 e. The van der Waals surface area contributed by atoms with Gasteiger partial charge in [0.15, 0.2) is 0 Å². The van der Waals surface area contributed by atoms with Crippen LogP contribution < -0.4 is 11.1 Å². The Morgan fingerprint density at radius 2 is 2.35 bits per heavy atom. The van der Waals surface area contributed by atoms with Gasteiger partial charge in [-0.2, -0.15) is 5.26 Å². The standard InChI is InChI=1S/C13H14N4O3/c14-6-7-1-2-9(10(5-7)17(18)19)16-12-11(15)8-3-4-20-13(8)12/h1-2,5,8,11-13,16H,3-4,15H2. The van der Waals surface area contributed by atoms with Crippen LogP contribution in [0.25, 0.3) is 0 Å². The lowest BCUT2D eigenvalue weighted by molar-refractivity contribution is -0.384. The fourth-order valence-electron chi connectivity index (χ4n) is 2.98. The lowest BCUT2D eigenvalue weighted by Crippen LogP contribution is -2.65. The summed E-state index contributed by atoms with van der Waals surface area (Å²) in [5.74, 6) is 0.338. The van der Waals surface area contributed by atoms with Crippen LogP contribution in [-0.2, 0) is 4.74 Å². The Bertz CT molecular complexity index is 598. The van der Waals surface area contributed by atoms with Crippen molar-refractivity contribution in [1.29, 1.82) is 5.26 Å². The Kier molecular flexibility index (Phi) is 3.04. The molecule has 2 fully saturated rings. The van der Waals surface area contributed by atoms with Crippen molar-refractivity contribution in [2.45, 2.75) is 24.6 Å². The highest BCUT2D eigenvalue weighted by Gasteiger charge is 2.52. The molecule has 1 heterocycles. The molecule has 7 nitrogen and oxygen atoms in total. The van der Waals surface area contributed by atoms with Crippen LogP contribution in [0.2, 0.25) is 0 Å². The molecule has 0 radical (unpaired) electrons. The minimum atomic E-state index is -0.500. The summed E-state index contributed by atoms with van der Waals surface area (Å²) in [6.07, 6.45) is 0.972. The van der Waals surface area contributed by atoms with Gasteiger partial charge in [-0.15, -0.1) is 0 Å². The van der Waals surface area contributed by atoms with E-state index in [0.29, 0.717) is 18.2 Å². The molecule has 1 saturated carbocycles. The fraction of sp³-hybridized carbons (Fsp3) is 0.462. The van der Waals surface area contributed by atoms with E-state index >= 15 is 0 Å². The number of nitrogens with one attached hydrogen (secondary N) is 1. The third-order valence-electron chi connectivity index (χ3n) is 4.09. The molecule has 3 N–H and O–H groups in total. The Balaban J connectivity index is 1.84. The molecule has 104 valence electrons. The monoisotopic (exact) mass is 274 g/mol. The van der Waals surface area contributed by atoms with Crippen molar-refractivity contribution < 1.29 is 9.66 Å². The molecule has 0 aromatic heterocycles. The highest BCUT2D eigenvalue weighted by molar-refractivity contribution is 5.65. The summed E-state index contributed by atoms with van der Waals surface area (Å²) in [6.45, 7) is 0.691. The van der Waals surface area contributed by atoms with Gasteiger partial charge >= 0.3 is 0 Å². The molecule has 1 aromatic carbocycles. The second-order valence-corrected chi connectivity index (χ2v) is 5.14. The lowest BCUT2D eigenvalue weighted by atomic mass is 9.72. The molecular weight excluding hydrogens is 260 g/mol. The van der Waals surface area contributed by atoms with Gasteiger partial charge in [-0.05, 0) is 18.6 Å². The van der Waals surface area contributed by atoms with Crippen molar-refractivity contribution in [2.75, 3.05) is 11.9 Å². The molecule has 0 bridgehead atoms. The van der Waals surface area contributed by atoms with E-state index in [1.165, 1.54) is 6.07 Å². The van der Waals surface area contributed by atoms with Crippen molar-refractivity contribution >= 4 is 11.4 Å². The van der Waals surface area contributed by atoms with E-state index in [1.54, 1.807) is 12.1 Å². The van der Waals surface area contributed by atoms with Crippen molar-refractivity contribution in [1.82, 2.24) is 0 Å². The number of nitro groups is 1. The maximum absolute atomic E-state index is 11.1. The summed E-state index contributed by atoms with van der Waals surface area (Å²) in [4.78, 5) is 10.6. The Hall–Kier alpha value is -2.17. The van der Waals surface area contributed by atoms with E-state index in [2.05, 4.69) is 5.32 Å². The number of nitrogens with two attached hydrogens (primary N) is 1. The van der Waals surface area contributed by atoms with E-state index in [0.717, 1.165) is 6.42 Å². The third-order valence-corrected chi connectivity index (χ3v) is 4.09. The van der Waals surface area contributed by atoms with Gasteiger partial charge in [0.25, 0.3) is 5.69 Å². The number of fused-ring (bicyclic) bond motifs is 1. The summed E-state index contributed by atoms with van der Waals surface area (Å²) in [5.41, 5.74) is 6.60. The molecule has 4 atom stereocenters. The van der Waals surface area contributed by atoms with Crippen molar-refractivity contribution in [3.63, 3.8) is 0 Å². The molecule has 2 aliphatic rings. The predicted molar refractivity (Wildman–Crippen MR) is 71.0 cm³/mol. The van der Waals surface area contributed by atoms with Crippen LogP contribution in [0.4, 0.5) is 11.4 Å². The van der Waals surface area contributed by atoms with Gasteiger partial charge in [-0.3, -0.25) is 10.1 Å². The first-order chi connectivity index (χ1) is 9.61. The molecule has 1 saturated heterocycles. The number of nitriles is 1. The average Bonchev–Trinajstić information content (AvgIpc) is 2.89. The summed E-state index contributed by atoms with van der Waals surface area (Å²) >= 11 is 0. The summed E-state index contributed by atoms with van der Waals surface area (Å²) in [5, 5.41) is 23.0. The first-order valence-corrected chi connectivity index (χ1v) is 6.44. The normalized spacial score (nSPS) is 31.0. The number of benzene rings is 1. The molecule has 7 heteroatoms. The Morgan fingerprint density at radius 3 is 3.05 bits per heavy atom. The van der Waals surface area contributed by atoms with Gasteiger partial charge in [0.05, 0.1) is 28.7 Å². The number of ether oxygens (including phenoxy) is 1. The first kappa shape index (κ1) is 12.8. The minimum Gasteiger partial charge on any atom is -0.376 e. The average molecular weight is 274 g/mol. The topological polar surface area (TPSA) is 114 Å². The fourth-order valence-corrected chi connectivity index (χ4v) is 2.98. The highest BCUT2D eigenvalue weighted by Crippen LogP contribution is 2.40. The molecule has 1 aromatic rings. The number of nitrogens with zero attached hydrogens (tertiary/aromatic N) is 2. The summed E-state index contributed by atoms with van der Waals surface area (Å²) in [6, 6.07) is 6.08. The van der Waals surface area contributed by atoms with E-state index in [-0.39, 0.29) is 29.4 Å². The van der Waals surface area contributed by atoms with Crippen LogP contribution in [0, 0.1) is 27.4 Å². The zero-order valence-electron chi connectivity index (χ0n) is 10.7. The SMILES string of the molecule is N#Cc1ccc(NC2C(N)C3CCOC32)c([N+](=O)[O-])c1. The second kappa shape index (κ2) is 4.74. The third kappa shape index (κ3) is 1.90. The van der Waals surface area contributed by atoms with Crippen LogP contribution >= 0.6 is 0 Å². The van der Waals surface area contributed by atoms with E-state index in [4.69, 9.17) is 15.7 Å². The molecular formula is C13H14N4O3. The van der Waals surface area contributed by atoms with Gasteiger partial charge in [-0.1, -0.05) is 0 Å². The minimum absolute atomic E-state index is 0.0280. The molecule has 0 amide bonds. The van der Waals surface area contributed by atoms with Gasteiger partial charge in [0.2, 0.25) is 0 Å². The maximum atomic E-state index is 11.1.